The third-order valence-corrected chi connectivity index (χ3v) is 13.8. The molecule has 0 atom stereocenters. The summed E-state index contributed by atoms with van der Waals surface area (Å²) in [6.45, 7) is 1.82. The Kier molecular flexibility index (Phi) is 8.24. The standard InChI is InChI=1S/C41H21Cl3N4O2S2/c1-19-7-24-26(13-32(19)42)37(49)28(35(24)20(15-45)16-46)8-22-10-30-39(51-22)40-31(41(30)5-3-2-4-6-41)11-23(52-40)9-29-36(21(17-47)18-48)25-12-33(43)34(44)14-27(25)38(29)50/h7-14H,2-6H2,1H3/b28-8-,29-9-. The maximum absolute atomic E-state index is 13.8. The van der Waals surface area contributed by atoms with Gasteiger partial charge in [0, 0.05) is 63.4 Å². The van der Waals surface area contributed by atoms with Crippen LogP contribution < -0.4 is 0 Å². The number of nitrogens with zero attached hydrogens (tertiary/aromatic N) is 4. The maximum Gasteiger partial charge on any atom is 0.194 e. The second kappa shape index (κ2) is 12.6. The zero-order chi connectivity index (χ0) is 36.6. The van der Waals surface area contributed by atoms with Crippen LogP contribution in [0.2, 0.25) is 15.1 Å². The smallest absolute Gasteiger partial charge is 0.194 e. The molecule has 6 nitrogen and oxygen atoms in total. The normalized spacial score (nSPS) is 17.8. The van der Waals surface area contributed by atoms with E-state index >= 15 is 0 Å². The van der Waals surface area contributed by atoms with Crippen molar-refractivity contribution in [2.45, 2.75) is 44.4 Å². The van der Waals surface area contributed by atoms with Crippen LogP contribution in [0.25, 0.3) is 33.1 Å². The summed E-state index contributed by atoms with van der Waals surface area (Å²) in [6.07, 6.45) is 8.63. The van der Waals surface area contributed by atoms with Gasteiger partial charge in [-0.2, -0.15) is 21.0 Å². The molecule has 0 aliphatic heterocycles. The first-order chi connectivity index (χ1) is 25.0. The van der Waals surface area contributed by atoms with Crippen molar-refractivity contribution in [2.24, 2.45) is 0 Å². The van der Waals surface area contributed by atoms with Gasteiger partial charge in [-0.25, -0.2) is 0 Å². The first-order valence-electron chi connectivity index (χ1n) is 16.3. The van der Waals surface area contributed by atoms with E-state index in [1.165, 1.54) is 23.3 Å². The molecule has 0 radical (unpaired) electrons. The molecule has 2 aromatic carbocycles. The zero-order valence-corrected chi connectivity index (χ0v) is 31.1. The number of carbonyl (C=O) groups excluding carboxylic acids is 2. The van der Waals surface area contributed by atoms with Crippen molar-refractivity contribution in [1.29, 1.82) is 21.0 Å². The summed E-state index contributed by atoms with van der Waals surface area (Å²) < 4.78 is 0. The Hall–Kier alpha value is -5.03. The van der Waals surface area contributed by atoms with Crippen LogP contribution in [0.15, 0.2) is 58.7 Å². The number of allylic oxidation sites excluding steroid dienone is 6. The van der Waals surface area contributed by atoms with Crippen molar-refractivity contribution in [3.63, 3.8) is 0 Å². The van der Waals surface area contributed by atoms with Gasteiger partial charge in [-0.1, -0.05) is 54.1 Å². The number of benzene rings is 2. The Labute approximate surface area is 322 Å². The predicted molar refractivity (Wildman–Crippen MR) is 205 cm³/mol. The van der Waals surface area contributed by atoms with E-state index in [0.29, 0.717) is 27.3 Å². The number of ketones is 2. The van der Waals surface area contributed by atoms with Crippen molar-refractivity contribution in [1.82, 2.24) is 0 Å². The van der Waals surface area contributed by atoms with Crippen LogP contribution in [0.3, 0.4) is 0 Å². The number of aryl methyl sites for hydroxylation is 1. The monoisotopic (exact) mass is 770 g/mol. The van der Waals surface area contributed by atoms with E-state index < -0.39 is 0 Å². The maximum atomic E-state index is 13.8. The van der Waals surface area contributed by atoms with Gasteiger partial charge < -0.3 is 0 Å². The molecule has 4 aliphatic carbocycles. The number of Topliss-reactive ketones (excluding diaryl/α,β-unsaturated/α-hetero) is 2. The summed E-state index contributed by atoms with van der Waals surface area (Å²) in [6, 6.07) is 18.5. The second-order valence-corrected chi connectivity index (χ2v) is 16.5. The molecule has 0 bridgehead atoms. The summed E-state index contributed by atoms with van der Waals surface area (Å²) >= 11 is 22.1. The van der Waals surface area contributed by atoms with E-state index in [4.69, 9.17) is 34.8 Å². The average Bonchev–Trinajstić information content (AvgIpc) is 3.91. The highest BCUT2D eigenvalue weighted by atomic mass is 35.5. The Balaban J connectivity index is 1.28. The number of fused-ring (bicyclic) bond motifs is 7. The quantitative estimate of drug-likeness (QED) is 0.147. The van der Waals surface area contributed by atoms with Crippen LogP contribution in [0.1, 0.15) is 90.4 Å². The van der Waals surface area contributed by atoms with Crippen molar-refractivity contribution in [3.05, 3.63) is 122 Å². The molecule has 1 fully saturated rings. The lowest BCUT2D eigenvalue weighted by molar-refractivity contribution is 0.103. The fourth-order valence-electron chi connectivity index (χ4n) is 8.05. The largest absolute Gasteiger partial charge is 0.289 e. The van der Waals surface area contributed by atoms with E-state index in [9.17, 15) is 30.6 Å². The van der Waals surface area contributed by atoms with Crippen LogP contribution in [-0.2, 0) is 5.41 Å². The van der Waals surface area contributed by atoms with E-state index in [1.54, 1.807) is 47.0 Å². The Bertz CT molecular complexity index is 2480. The number of hydrogen-bond donors (Lipinski definition) is 0. The molecule has 2 aromatic heterocycles. The second-order valence-electron chi connectivity index (χ2n) is 13.1. The third-order valence-electron chi connectivity index (χ3n) is 10.4. The van der Waals surface area contributed by atoms with E-state index in [2.05, 4.69) is 12.1 Å². The molecular formula is C41H21Cl3N4O2S2. The number of thiophene rings is 2. The SMILES string of the molecule is Cc1cc2c(cc1Cl)C(=O)/C(=C\c1cc3c(s1)-c1sc(/C=C4\C(=O)c5cc(Cl)c(Cl)cc5C4=C(C#N)C#N)cc1C31CCCCC1)C2=C(C#N)C#N. The molecular weight excluding hydrogens is 751 g/mol. The number of halogens is 3. The molecule has 2 heterocycles. The number of nitriles is 4. The average molecular weight is 772 g/mol. The van der Waals surface area contributed by atoms with Crippen LogP contribution in [0.4, 0.5) is 0 Å². The molecule has 0 saturated heterocycles. The molecule has 0 amide bonds. The van der Waals surface area contributed by atoms with Gasteiger partial charge in [-0.15, -0.1) is 22.7 Å². The molecule has 4 aromatic rings. The lowest BCUT2D eigenvalue weighted by atomic mass is 9.68. The van der Waals surface area contributed by atoms with Gasteiger partial charge in [-0.3, -0.25) is 9.59 Å². The Morgan fingerprint density at radius 1 is 0.635 bits per heavy atom. The van der Waals surface area contributed by atoms with Crippen LogP contribution in [0, 0.1) is 52.2 Å². The van der Waals surface area contributed by atoms with Crippen LogP contribution in [-0.4, -0.2) is 11.6 Å². The summed E-state index contributed by atoms with van der Waals surface area (Å²) in [5, 5.41) is 40.3. The highest BCUT2D eigenvalue weighted by molar-refractivity contribution is 7.23. The van der Waals surface area contributed by atoms with Crippen LogP contribution in [0.5, 0.6) is 0 Å². The van der Waals surface area contributed by atoms with Crippen LogP contribution >= 0.6 is 57.5 Å². The van der Waals surface area contributed by atoms with Gasteiger partial charge in [0.25, 0.3) is 0 Å². The third kappa shape index (κ3) is 4.92. The lowest BCUT2D eigenvalue weighted by Gasteiger charge is -2.34. The summed E-state index contributed by atoms with van der Waals surface area (Å²) in [7, 11) is 0. The molecule has 1 saturated carbocycles. The molecule has 52 heavy (non-hydrogen) atoms. The molecule has 250 valence electrons. The highest BCUT2D eigenvalue weighted by Crippen LogP contribution is 2.61. The number of carbonyl (C=O) groups is 2. The Morgan fingerprint density at radius 3 is 1.52 bits per heavy atom. The zero-order valence-electron chi connectivity index (χ0n) is 27.2. The van der Waals surface area contributed by atoms with Gasteiger partial charge in [0.15, 0.2) is 11.6 Å². The minimum Gasteiger partial charge on any atom is -0.289 e. The summed E-state index contributed by atoms with van der Waals surface area (Å²) in [5.41, 5.74) is 5.21. The molecule has 1 spiro atoms. The molecule has 8 rings (SSSR count). The van der Waals surface area contributed by atoms with Crippen molar-refractivity contribution in [2.75, 3.05) is 0 Å². The summed E-state index contributed by atoms with van der Waals surface area (Å²) in [4.78, 5) is 31.4. The lowest BCUT2D eigenvalue weighted by Crippen LogP contribution is -2.27. The molecule has 0 unspecified atom stereocenters. The fraction of sp³-hybridized carbons (Fsp3) is 0.171. The molecule has 4 aliphatic rings. The minimum atomic E-state index is -0.338. The number of hydrogen-bond acceptors (Lipinski definition) is 8. The first-order valence-corrected chi connectivity index (χ1v) is 19.0. The van der Waals surface area contributed by atoms with E-state index in [1.807, 2.05) is 31.2 Å². The predicted octanol–water partition coefficient (Wildman–Crippen LogP) is 11.5. The van der Waals surface area contributed by atoms with E-state index in [0.717, 1.165) is 57.2 Å². The first kappa shape index (κ1) is 34.1. The van der Waals surface area contributed by atoms with Gasteiger partial charge in [0.05, 0.1) is 10.0 Å². The topological polar surface area (TPSA) is 129 Å². The van der Waals surface area contributed by atoms with Gasteiger partial charge in [0.2, 0.25) is 0 Å². The van der Waals surface area contributed by atoms with Gasteiger partial charge in [-0.05, 0) is 96.1 Å². The molecule has 11 heteroatoms. The molecule has 0 N–H and O–H groups in total. The van der Waals surface area contributed by atoms with Crippen molar-refractivity contribution < 1.29 is 9.59 Å². The van der Waals surface area contributed by atoms with Gasteiger partial charge >= 0.3 is 0 Å². The number of rotatable bonds is 2. The Morgan fingerprint density at radius 2 is 1.06 bits per heavy atom. The fourth-order valence-corrected chi connectivity index (χ4v) is 11.1. The van der Waals surface area contributed by atoms with Crippen molar-refractivity contribution in [3.8, 4) is 34.0 Å². The summed E-state index contributed by atoms with van der Waals surface area (Å²) in [5.74, 6) is -0.626. The van der Waals surface area contributed by atoms with E-state index in [-0.39, 0.29) is 60.5 Å². The van der Waals surface area contributed by atoms with Gasteiger partial charge in [0.1, 0.15) is 35.4 Å². The highest BCUT2D eigenvalue weighted by Gasteiger charge is 2.47. The van der Waals surface area contributed by atoms with Crippen molar-refractivity contribution >= 4 is 92.3 Å². The minimum absolute atomic E-state index is 0.135.